The van der Waals surface area contributed by atoms with Gasteiger partial charge in [-0.1, -0.05) is 0 Å². The summed E-state index contributed by atoms with van der Waals surface area (Å²) in [7, 11) is 0. The van der Waals surface area contributed by atoms with E-state index in [-0.39, 0.29) is 52.1 Å². The average Bonchev–Trinajstić information content (AvgIpc) is 2.36. The van der Waals surface area contributed by atoms with Gasteiger partial charge in [0.05, 0.1) is 0 Å². The van der Waals surface area contributed by atoms with E-state index in [1.807, 2.05) is 6.54 Å². The van der Waals surface area contributed by atoms with Crippen LogP contribution < -0.4 is 30.1 Å². The Morgan fingerprint density at radius 1 is 1.27 bits per heavy atom. The fourth-order valence-corrected chi connectivity index (χ4v) is 0.986. The molecule has 1 nitrogen and oxygen atoms in total. The van der Waals surface area contributed by atoms with Gasteiger partial charge in [0.1, 0.15) is 0 Å². The third-order valence-electron chi connectivity index (χ3n) is 1.61. The van der Waals surface area contributed by atoms with Gasteiger partial charge in [0.25, 0.3) is 0 Å². The number of allylic oxidation sites excluding steroid dienone is 3. The predicted octanol–water partition coefficient (Wildman–Crippen LogP) is -3.37. The molecule has 0 unspecified atom stereocenters. The molecule has 0 atom stereocenters. The minimum absolute atomic E-state index is 0. The quantitative estimate of drug-likeness (QED) is 0.421. The van der Waals surface area contributed by atoms with Crippen molar-refractivity contribution in [3.63, 3.8) is 0 Å². The molecule has 0 saturated carbocycles. The van der Waals surface area contributed by atoms with Gasteiger partial charge < -0.3 is 43.1 Å². The summed E-state index contributed by atoms with van der Waals surface area (Å²) in [6, 6.07) is 0. The molecule has 0 aromatic heterocycles. The zero-order chi connectivity index (χ0) is 9.03. The maximum Gasteiger partial charge on any atom is 4.00 e. The molecule has 0 radical (unpaired) electrons. The Bertz CT molecular complexity index is 207. The summed E-state index contributed by atoms with van der Waals surface area (Å²) in [4.78, 5) is 0. The second-order valence-corrected chi connectivity index (χ2v) is 4.10. The van der Waals surface area contributed by atoms with Crippen molar-refractivity contribution in [3.05, 3.63) is 36.8 Å². The number of nitrogens with one attached hydrogen (secondary N) is 1. The van der Waals surface area contributed by atoms with Gasteiger partial charge >= 0.3 is 21.7 Å². The zero-order valence-electron chi connectivity index (χ0n) is 9.35. The van der Waals surface area contributed by atoms with Gasteiger partial charge in [-0.25, -0.2) is 11.6 Å². The molecule has 0 bridgehead atoms. The Labute approximate surface area is 121 Å². The Hall–Kier alpha value is 0.604. The first-order chi connectivity index (χ1) is 5.58. The molecule has 0 fully saturated rings. The van der Waals surface area contributed by atoms with Crippen molar-refractivity contribution in [1.29, 1.82) is 0 Å². The van der Waals surface area contributed by atoms with E-state index in [1.165, 1.54) is 5.57 Å². The van der Waals surface area contributed by atoms with Crippen LogP contribution in [0.3, 0.4) is 0 Å². The monoisotopic (exact) mass is 281 g/mol. The Morgan fingerprint density at radius 3 is 2.27 bits per heavy atom. The molecule has 0 spiro atoms. The standard InChI is InChI=1S/C11H17N.2ClH.Ti/c1-11(2,3)12-9-8-10-6-4-5-7-10;;;/h4-6,8-9,12H,7H2,1-3H3;2*1H;/q-2;;;+4/p-2. The molecule has 0 aromatic rings. The smallest absolute Gasteiger partial charge is 1.00 e. The van der Waals surface area contributed by atoms with Crippen molar-refractivity contribution in [1.82, 2.24) is 5.32 Å². The summed E-state index contributed by atoms with van der Waals surface area (Å²) >= 11 is 0. The molecule has 1 aliphatic carbocycles. The molecule has 0 heterocycles. The maximum absolute atomic E-state index is 3.30. The minimum Gasteiger partial charge on any atom is -1.00 e. The zero-order valence-corrected chi connectivity index (χ0v) is 12.4. The Morgan fingerprint density at radius 2 is 1.87 bits per heavy atom. The van der Waals surface area contributed by atoms with Gasteiger partial charge in [0.15, 0.2) is 0 Å². The van der Waals surface area contributed by atoms with Crippen LogP contribution in [0.2, 0.25) is 0 Å². The maximum atomic E-state index is 3.30. The Balaban J connectivity index is -0.000000480. The largest absolute Gasteiger partial charge is 4.00 e. The average molecular weight is 282 g/mol. The van der Waals surface area contributed by atoms with Crippen LogP contribution in [0.1, 0.15) is 27.2 Å². The number of rotatable bonds is 3. The van der Waals surface area contributed by atoms with Crippen LogP contribution in [0.4, 0.5) is 0 Å². The van der Waals surface area contributed by atoms with Crippen molar-refractivity contribution in [2.45, 2.75) is 32.7 Å². The number of hydrogen-bond acceptors (Lipinski definition) is 1. The Kier molecular flexibility index (Phi) is 13.7. The van der Waals surface area contributed by atoms with Crippen LogP contribution in [0, 0.1) is 13.0 Å². The van der Waals surface area contributed by atoms with Gasteiger partial charge in [0.2, 0.25) is 0 Å². The molecule has 0 aliphatic heterocycles. The van der Waals surface area contributed by atoms with Crippen LogP contribution in [-0.4, -0.2) is 5.54 Å². The van der Waals surface area contributed by atoms with Crippen LogP contribution in [0.15, 0.2) is 23.8 Å². The number of hydrogen-bond donors (Lipinski definition) is 1. The van der Waals surface area contributed by atoms with E-state index < -0.39 is 0 Å². The molecule has 4 heteroatoms. The van der Waals surface area contributed by atoms with Crippen molar-refractivity contribution in [2.75, 3.05) is 0 Å². The normalized spacial score (nSPS) is 13.1. The molecule has 1 rings (SSSR count). The van der Waals surface area contributed by atoms with E-state index in [1.54, 1.807) is 0 Å². The van der Waals surface area contributed by atoms with E-state index >= 15 is 0 Å². The van der Waals surface area contributed by atoms with E-state index in [4.69, 9.17) is 0 Å². The second-order valence-electron chi connectivity index (χ2n) is 4.10. The molecule has 0 saturated heterocycles. The fraction of sp³-hybridized carbons (Fsp3) is 0.455. The van der Waals surface area contributed by atoms with Gasteiger partial charge in [-0.15, -0.1) is 12.2 Å². The topological polar surface area (TPSA) is 12.0 Å². The molecule has 0 amide bonds. The molecule has 1 N–H and O–H groups in total. The van der Waals surface area contributed by atoms with E-state index in [9.17, 15) is 0 Å². The van der Waals surface area contributed by atoms with Gasteiger partial charge in [-0.05, 0) is 32.7 Å². The summed E-state index contributed by atoms with van der Waals surface area (Å²) in [5.41, 5.74) is 1.54. The first kappa shape index (κ1) is 20.9. The van der Waals surface area contributed by atoms with Crippen molar-refractivity contribution < 1.29 is 46.5 Å². The predicted molar refractivity (Wildman–Crippen MR) is 53.3 cm³/mol. The van der Waals surface area contributed by atoms with E-state index in [0.29, 0.717) is 0 Å². The molecule has 1 aliphatic rings. The van der Waals surface area contributed by atoms with Gasteiger partial charge in [0, 0.05) is 0 Å². The van der Waals surface area contributed by atoms with Crippen LogP contribution in [0.25, 0.3) is 0 Å². The van der Waals surface area contributed by atoms with E-state index in [2.05, 4.69) is 50.7 Å². The fourth-order valence-electron chi connectivity index (χ4n) is 0.986. The summed E-state index contributed by atoms with van der Waals surface area (Å²) in [6.07, 6.45) is 9.60. The molecule has 0 aromatic carbocycles. The first-order valence-electron chi connectivity index (χ1n) is 4.38. The molecule has 15 heavy (non-hydrogen) atoms. The van der Waals surface area contributed by atoms with E-state index in [0.717, 1.165) is 6.42 Å². The number of halogens is 2. The summed E-state index contributed by atoms with van der Waals surface area (Å²) in [5, 5.41) is 3.30. The van der Waals surface area contributed by atoms with Gasteiger partial charge in [-0.2, -0.15) is 0 Å². The van der Waals surface area contributed by atoms with Crippen molar-refractivity contribution in [2.24, 2.45) is 0 Å². The van der Waals surface area contributed by atoms with Crippen LogP contribution >= 0.6 is 0 Å². The molecule has 84 valence electrons. The molecular weight excluding hydrogens is 265 g/mol. The SMILES string of the molecule is CC(C)(C)N[CH-][CH-]C1=CC=CC1.[Cl-].[Cl-].[Ti+4]. The third-order valence-corrected chi connectivity index (χ3v) is 1.61. The van der Waals surface area contributed by atoms with Crippen molar-refractivity contribution >= 4 is 0 Å². The van der Waals surface area contributed by atoms with Crippen LogP contribution in [-0.2, 0) is 21.7 Å². The summed E-state index contributed by atoms with van der Waals surface area (Å²) in [5.74, 6) is 0. The van der Waals surface area contributed by atoms with Crippen molar-refractivity contribution in [3.8, 4) is 0 Å². The second kappa shape index (κ2) is 9.80. The summed E-state index contributed by atoms with van der Waals surface area (Å²) < 4.78 is 0. The minimum atomic E-state index is 0. The van der Waals surface area contributed by atoms with Crippen LogP contribution in [0.5, 0.6) is 0 Å². The first-order valence-corrected chi connectivity index (χ1v) is 4.38. The summed E-state index contributed by atoms with van der Waals surface area (Å²) in [6.45, 7) is 8.48. The third kappa shape index (κ3) is 10.9. The molecular formula is C11H17Cl2NTi. The van der Waals surface area contributed by atoms with Gasteiger partial charge in [-0.3, -0.25) is 0 Å².